The Morgan fingerprint density at radius 3 is 1.33 bits per heavy atom. The fourth-order valence-corrected chi connectivity index (χ4v) is 0. The van der Waals surface area contributed by atoms with Gasteiger partial charge >= 0.3 is 20.1 Å². The number of carboxylic acids is 1. The Morgan fingerprint density at radius 1 is 1.25 bits per heavy atom. The summed E-state index contributed by atoms with van der Waals surface area (Å²) >= 11 is 0. The van der Waals surface area contributed by atoms with Crippen molar-refractivity contribution in [2.24, 2.45) is 0 Å². The highest BCUT2D eigenvalue weighted by atomic mass is 31.2. The van der Waals surface area contributed by atoms with Crippen molar-refractivity contribution in [3.8, 4) is 0 Å². The second-order valence-electron chi connectivity index (χ2n) is 1.67. The van der Waals surface area contributed by atoms with Gasteiger partial charge < -0.3 is 5.11 Å². The average Bonchev–Trinajstić information content (AvgIpc) is 1.55. The molecule has 9 heteroatoms. The molecule has 0 radical (unpaired) electrons. The minimum absolute atomic E-state index is 0.965. The fourth-order valence-electron chi connectivity index (χ4n) is 0. The molecule has 0 aliphatic carbocycles. The molecule has 0 saturated heterocycles. The summed E-state index contributed by atoms with van der Waals surface area (Å²) in [5.41, 5.74) is 0. The van der Waals surface area contributed by atoms with Gasteiger partial charge in [0, 0.05) is 0 Å². The lowest BCUT2D eigenvalue weighted by Gasteiger charge is -1.93. The molecule has 0 bridgehead atoms. The van der Waals surface area contributed by atoms with E-state index in [-0.39, 0.29) is 0 Å². The number of halogens is 3. The molecule has 0 aliphatic rings. The minimum atomic E-state index is -5.08. The van der Waals surface area contributed by atoms with Crippen molar-refractivity contribution in [2.75, 3.05) is 6.66 Å². The van der Waals surface area contributed by atoms with Crippen molar-refractivity contribution in [1.82, 2.24) is 0 Å². The van der Waals surface area contributed by atoms with Gasteiger partial charge in [-0.2, -0.15) is 27.9 Å². The normalized spacial score (nSPS) is 11.6. The van der Waals surface area contributed by atoms with Crippen molar-refractivity contribution >= 4 is 13.9 Å². The van der Waals surface area contributed by atoms with Gasteiger partial charge in [0.05, 0.1) is 0 Å². The second kappa shape index (κ2) is 4.56. The van der Waals surface area contributed by atoms with Crippen LogP contribution in [-0.2, 0) is 4.79 Å². The molecule has 4 N–H and O–H groups in total. The summed E-state index contributed by atoms with van der Waals surface area (Å²) in [7, 11) is -3.39. The Labute approximate surface area is 65.7 Å². The zero-order chi connectivity index (χ0) is 10.6. The van der Waals surface area contributed by atoms with Crippen LogP contribution in [0.2, 0.25) is 0 Å². The van der Waals surface area contributed by atoms with E-state index in [1.165, 1.54) is 0 Å². The summed E-state index contributed by atoms with van der Waals surface area (Å²) < 4.78 is 31.7. The van der Waals surface area contributed by atoms with E-state index in [0.29, 0.717) is 0 Å². The third-order valence-electron chi connectivity index (χ3n) is 0.243. The van der Waals surface area contributed by atoms with Gasteiger partial charge in [0.15, 0.2) is 0 Å². The second-order valence-corrected chi connectivity index (χ2v) is 3.41. The van der Waals surface area contributed by atoms with E-state index < -0.39 is 20.1 Å². The number of hydrogen-bond acceptors (Lipinski definition) is 4. The van der Waals surface area contributed by atoms with Gasteiger partial charge in [-0.3, -0.25) is 0 Å². The van der Waals surface area contributed by atoms with Crippen LogP contribution in [-0.4, -0.2) is 38.6 Å². The monoisotopic (exact) mass is 211 g/mol. The summed E-state index contributed by atoms with van der Waals surface area (Å²) in [4.78, 5) is 32.1. The maximum absolute atomic E-state index is 10.6. The van der Waals surface area contributed by atoms with Crippen LogP contribution in [0.15, 0.2) is 0 Å². The molecule has 0 aliphatic heterocycles. The Hall–Kier alpha value is -0.430. The lowest BCUT2D eigenvalue weighted by atomic mass is 10.7. The maximum atomic E-state index is 10.6. The molecule has 0 amide bonds. The standard InChI is InChI=1S/C2HF3O2.CH6O3P/c3-2(4,5)1(6)7;1-5(2,3)4/h(H,6,7);2-4H,1H3/q;+1. The van der Waals surface area contributed by atoms with Crippen molar-refractivity contribution in [3.05, 3.63) is 0 Å². The molecule has 0 fully saturated rings. The van der Waals surface area contributed by atoms with Crippen molar-refractivity contribution in [2.45, 2.75) is 6.18 Å². The van der Waals surface area contributed by atoms with Crippen LogP contribution in [0.4, 0.5) is 13.2 Å². The first-order valence-electron chi connectivity index (χ1n) is 2.29. The number of hydrogen-bond donors (Lipinski definition) is 4. The van der Waals surface area contributed by atoms with Crippen LogP contribution in [0.25, 0.3) is 0 Å². The van der Waals surface area contributed by atoms with Crippen molar-refractivity contribution < 1.29 is 37.8 Å². The molecule has 0 atom stereocenters. The molecule has 0 spiro atoms. The van der Waals surface area contributed by atoms with Crippen LogP contribution in [0.3, 0.4) is 0 Å². The maximum Gasteiger partial charge on any atom is 0.490 e. The first-order valence-corrected chi connectivity index (χ1v) is 4.39. The predicted molar refractivity (Wildman–Crippen MR) is 33.2 cm³/mol. The summed E-state index contributed by atoms with van der Waals surface area (Å²) in [5, 5.41) is 7.12. The van der Waals surface area contributed by atoms with Gasteiger partial charge in [0.1, 0.15) is 6.66 Å². The Balaban J connectivity index is 0. The highest BCUT2D eigenvalue weighted by Crippen LogP contribution is 2.38. The third-order valence-corrected chi connectivity index (χ3v) is 0.243. The number of carbonyl (C=O) groups is 1. The van der Waals surface area contributed by atoms with Gasteiger partial charge in [0.2, 0.25) is 0 Å². The lowest BCUT2D eigenvalue weighted by molar-refractivity contribution is -0.192. The smallest absolute Gasteiger partial charge is 0.475 e. The van der Waals surface area contributed by atoms with Crippen LogP contribution in [0, 0.1) is 0 Å². The summed E-state index contributed by atoms with van der Waals surface area (Å²) in [6.07, 6.45) is -5.08. The fraction of sp³-hybridized carbons (Fsp3) is 0.667. The quantitative estimate of drug-likeness (QED) is 0.422. The van der Waals surface area contributed by atoms with E-state index in [1.54, 1.807) is 0 Å². The van der Waals surface area contributed by atoms with Crippen molar-refractivity contribution in [3.63, 3.8) is 0 Å². The zero-order valence-electron chi connectivity index (χ0n) is 5.78. The van der Waals surface area contributed by atoms with Gasteiger partial charge in [-0.15, -0.1) is 0 Å². The molecule has 12 heavy (non-hydrogen) atoms. The highest BCUT2D eigenvalue weighted by Gasteiger charge is 2.38. The topological polar surface area (TPSA) is 98.0 Å². The van der Waals surface area contributed by atoms with Gasteiger partial charge in [-0.1, -0.05) is 0 Å². The number of aliphatic carboxylic acids is 1. The van der Waals surface area contributed by atoms with E-state index in [2.05, 4.69) is 0 Å². The molecule has 0 unspecified atom stereocenters. The highest BCUT2D eigenvalue weighted by molar-refractivity contribution is 7.57. The Bertz CT molecular complexity index is 143. The molecule has 74 valence electrons. The Morgan fingerprint density at radius 2 is 1.33 bits per heavy atom. The SMILES string of the molecule is C[P+](O)(O)O.O=C(O)C(F)(F)F. The van der Waals surface area contributed by atoms with Gasteiger partial charge in [0.25, 0.3) is 0 Å². The lowest BCUT2D eigenvalue weighted by Crippen LogP contribution is -2.21. The molecule has 0 rings (SSSR count). The Kier molecular flexibility index (Phi) is 5.36. The summed E-state index contributed by atoms with van der Waals surface area (Å²) in [6, 6.07) is 0. The number of carboxylic acid groups (broad SMARTS) is 1. The molecular formula is C3H7F3O5P+. The van der Waals surface area contributed by atoms with Crippen LogP contribution in [0.1, 0.15) is 0 Å². The molecular weight excluding hydrogens is 204 g/mol. The van der Waals surface area contributed by atoms with Gasteiger partial charge in [-0.25, -0.2) is 4.79 Å². The van der Waals surface area contributed by atoms with Crippen LogP contribution >= 0.6 is 7.94 Å². The van der Waals surface area contributed by atoms with Crippen LogP contribution < -0.4 is 0 Å². The first-order chi connectivity index (χ1) is 4.94. The minimum Gasteiger partial charge on any atom is -0.475 e. The average molecular weight is 211 g/mol. The molecule has 5 nitrogen and oxygen atoms in total. The van der Waals surface area contributed by atoms with E-state index in [4.69, 9.17) is 24.6 Å². The number of rotatable bonds is 0. The summed E-state index contributed by atoms with van der Waals surface area (Å²) in [5.74, 6) is -2.76. The predicted octanol–water partition coefficient (Wildman–Crippen LogP) is -0.0110. The third kappa shape index (κ3) is 22.7. The van der Waals surface area contributed by atoms with E-state index in [1.807, 2.05) is 0 Å². The summed E-state index contributed by atoms with van der Waals surface area (Å²) in [6.45, 7) is 0.965. The molecule has 0 aromatic heterocycles. The molecule has 0 heterocycles. The molecule has 0 aromatic carbocycles. The van der Waals surface area contributed by atoms with Gasteiger partial charge in [-0.05, 0) is 0 Å². The van der Waals surface area contributed by atoms with Crippen molar-refractivity contribution in [1.29, 1.82) is 0 Å². The first kappa shape index (κ1) is 14.1. The molecule has 0 aromatic rings. The number of alkyl halides is 3. The van der Waals surface area contributed by atoms with E-state index in [9.17, 15) is 13.2 Å². The van der Waals surface area contributed by atoms with E-state index >= 15 is 0 Å². The van der Waals surface area contributed by atoms with E-state index in [0.717, 1.165) is 6.66 Å². The largest absolute Gasteiger partial charge is 0.490 e. The van der Waals surface area contributed by atoms with Crippen LogP contribution in [0.5, 0.6) is 0 Å². The molecule has 0 saturated carbocycles. The zero-order valence-corrected chi connectivity index (χ0v) is 6.67.